The van der Waals surface area contributed by atoms with E-state index in [0.717, 1.165) is 56.0 Å². The van der Waals surface area contributed by atoms with E-state index in [2.05, 4.69) is 12.2 Å². The number of piperidine rings is 1. The molecule has 1 fully saturated rings. The normalized spacial score (nSPS) is 23.0. The molecular formula is C18H27ClN2O3. The highest BCUT2D eigenvalue weighted by Gasteiger charge is 2.38. The van der Waals surface area contributed by atoms with Crippen molar-refractivity contribution in [3.05, 3.63) is 23.3 Å². The number of halogens is 1. The largest absolute Gasteiger partial charge is 0.493 e. The van der Waals surface area contributed by atoms with Crippen LogP contribution in [0.2, 0.25) is 0 Å². The third-order valence-electron chi connectivity index (χ3n) is 5.12. The number of carbonyl (C=O) groups excluding carboxylic acids is 1. The average molecular weight is 355 g/mol. The maximum atomic E-state index is 13.0. The monoisotopic (exact) mass is 354 g/mol. The molecule has 1 N–H and O–H groups in total. The molecule has 1 aromatic carbocycles. The van der Waals surface area contributed by atoms with Crippen LogP contribution in [0.5, 0.6) is 11.5 Å². The van der Waals surface area contributed by atoms with Gasteiger partial charge in [-0.2, -0.15) is 0 Å². The molecule has 2 aliphatic rings. The van der Waals surface area contributed by atoms with Crippen molar-refractivity contribution >= 4 is 18.3 Å². The first-order valence-electron chi connectivity index (χ1n) is 8.31. The van der Waals surface area contributed by atoms with Crippen LogP contribution in [0.15, 0.2) is 12.1 Å². The number of benzene rings is 1. The Morgan fingerprint density at radius 1 is 1.21 bits per heavy atom. The van der Waals surface area contributed by atoms with Gasteiger partial charge >= 0.3 is 0 Å². The van der Waals surface area contributed by atoms with E-state index in [9.17, 15) is 4.79 Å². The molecule has 0 bridgehead atoms. The van der Waals surface area contributed by atoms with Crippen LogP contribution < -0.4 is 14.8 Å². The molecule has 134 valence electrons. The Morgan fingerprint density at radius 2 is 1.88 bits per heavy atom. The smallest absolute Gasteiger partial charge is 0.230 e. The molecule has 0 radical (unpaired) electrons. The van der Waals surface area contributed by atoms with Gasteiger partial charge in [-0.25, -0.2) is 0 Å². The third-order valence-corrected chi connectivity index (χ3v) is 5.12. The Balaban J connectivity index is 0.00000208. The molecule has 2 aliphatic heterocycles. The van der Waals surface area contributed by atoms with Gasteiger partial charge in [-0.05, 0) is 56.0 Å². The molecule has 6 heteroatoms. The van der Waals surface area contributed by atoms with Gasteiger partial charge in [0.2, 0.25) is 5.91 Å². The summed E-state index contributed by atoms with van der Waals surface area (Å²) < 4.78 is 10.8. The minimum atomic E-state index is -0.272. The fraction of sp³-hybridized carbons (Fsp3) is 0.611. The molecule has 1 aromatic rings. The minimum Gasteiger partial charge on any atom is -0.493 e. The Bertz CT molecular complexity index is 600. The Morgan fingerprint density at radius 3 is 2.46 bits per heavy atom. The molecule has 1 saturated heterocycles. The minimum absolute atomic E-state index is 0. The Kier molecular flexibility index (Phi) is 5.99. The number of hydrogen-bond donors (Lipinski definition) is 1. The molecular weight excluding hydrogens is 328 g/mol. The fourth-order valence-corrected chi connectivity index (χ4v) is 3.68. The summed E-state index contributed by atoms with van der Waals surface area (Å²) in [6, 6.07) is 4.05. The highest BCUT2D eigenvalue weighted by atomic mass is 35.5. The summed E-state index contributed by atoms with van der Waals surface area (Å²) in [5.74, 6) is 1.76. The number of nitrogens with one attached hydrogen (secondary N) is 1. The molecule has 0 aliphatic carbocycles. The summed E-state index contributed by atoms with van der Waals surface area (Å²) in [4.78, 5) is 15.0. The second kappa shape index (κ2) is 7.62. The van der Waals surface area contributed by atoms with Gasteiger partial charge < -0.3 is 19.7 Å². The summed E-state index contributed by atoms with van der Waals surface area (Å²) in [6.45, 7) is 5.32. The number of hydrogen-bond acceptors (Lipinski definition) is 4. The summed E-state index contributed by atoms with van der Waals surface area (Å²) in [6.07, 6.45) is 2.90. The number of methoxy groups -OCH3 is 2. The van der Waals surface area contributed by atoms with Crippen LogP contribution in [-0.2, 0) is 17.8 Å². The number of amides is 1. The molecule has 0 spiro atoms. The Hall–Kier alpha value is -1.46. The number of ether oxygens (including phenoxy) is 2. The second-order valence-corrected chi connectivity index (χ2v) is 6.79. The highest BCUT2D eigenvalue weighted by Crippen LogP contribution is 2.35. The number of fused-ring (bicyclic) bond motifs is 1. The number of nitrogens with zero attached hydrogens (tertiary/aromatic N) is 1. The van der Waals surface area contributed by atoms with E-state index in [0.29, 0.717) is 6.54 Å². The lowest BCUT2D eigenvalue weighted by atomic mass is 9.81. The van der Waals surface area contributed by atoms with E-state index in [1.807, 2.05) is 17.0 Å². The summed E-state index contributed by atoms with van der Waals surface area (Å²) in [7, 11) is 3.30. The molecule has 24 heavy (non-hydrogen) atoms. The van der Waals surface area contributed by atoms with E-state index < -0.39 is 0 Å². The van der Waals surface area contributed by atoms with Crippen LogP contribution in [0.25, 0.3) is 0 Å². The zero-order valence-corrected chi connectivity index (χ0v) is 15.5. The highest BCUT2D eigenvalue weighted by molar-refractivity contribution is 5.85. The lowest BCUT2D eigenvalue weighted by molar-refractivity contribution is -0.143. The Labute approximate surface area is 150 Å². The molecule has 5 nitrogen and oxygen atoms in total. The van der Waals surface area contributed by atoms with E-state index in [-0.39, 0.29) is 23.7 Å². The molecule has 0 saturated carbocycles. The van der Waals surface area contributed by atoms with Crippen LogP contribution in [0.3, 0.4) is 0 Å². The molecule has 1 unspecified atom stereocenters. The molecule has 0 aromatic heterocycles. The van der Waals surface area contributed by atoms with Gasteiger partial charge in [0.05, 0.1) is 19.6 Å². The van der Waals surface area contributed by atoms with Crippen molar-refractivity contribution in [1.29, 1.82) is 0 Å². The van der Waals surface area contributed by atoms with Crippen molar-refractivity contribution < 1.29 is 14.3 Å². The fourth-order valence-electron chi connectivity index (χ4n) is 3.68. The van der Waals surface area contributed by atoms with Crippen LogP contribution in [0, 0.1) is 5.41 Å². The molecule has 1 atom stereocenters. The van der Waals surface area contributed by atoms with Crippen molar-refractivity contribution in [2.45, 2.75) is 32.7 Å². The summed E-state index contributed by atoms with van der Waals surface area (Å²) in [5, 5.41) is 3.36. The lowest BCUT2D eigenvalue weighted by Crippen LogP contribution is -2.51. The van der Waals surface area contributed by atoms with Crippen LogP contribution in [-0.4, -0.2) is 44.7 Å². The van der Waals surface area contributed by atoms with Crippen LogP contribution in [0.4, 0.5) is 0 Å². The third kappa shape index (κ3) is 3.47. The quantitative estimate of drug-likeness (QED) is 0.905. The van der Waals surface area contributed by atoms with Crippen molar-refractivity contribution in [2.75, 3.05) is 33.9 Å². The zero-order valence-electron chi connectivity index (χ0n) is 14.7. The second-order valence-electron chi connectivity index (χ2n) is 6.79. The SMILES string of the molecule is COc1cc2c(cc1OC)CN(C(=O)C1(C)CCCNC1)CC2.Cl. The van der Waals surface area contributed by atoms with Crippen molar-refractivity contribution in [2.24, 2.45) is 5.41 Å². The zero-order chi connectivity index (χ0) is 16.4. The predicted octanol–water partition coefficient (Wildman–Crippen LogP) is 2.40. The standard InChI is InChI=1S/C18H26N2O3.ClH/c1-18(6-4-7-19-12-18)17(21)20-8-5-13-9-15(22-2)16(23-3)10-14(13)11-20;/h9-10,19H,4-8,11-12H2,1-3H3;1H. The molecule has 1 amide bonds. The van der Waals surface area contributed by atoms with Gasteiger partial charge in [0.1, 0.15) is 0 Å². The van der Waals surface area contributed by atoms with Gasteiger partial charge in [0, 0.05) is 19.6 Å². The van der Waals surface area contributed by atoms with Crippen LogP contribution in [0.1, 0.15) is 30.9 Å². The topological polar surface area (TPSA) is 50.8 Å². The number of rotatable bonds is 3. The predicted molar refractivity (Wildman–Crippen MR) is 96.1 cm³/mol. The van der Waals surface area contributed by atoms with Gasteiger partial charge in [-0.1, -0.05) is 0 Å². The first-order valence-corrected chi connectivity index (χ1v) is 8.31. The van der Waals surface area contributed by atoms with Gasteiger partial charge in [0.15, 0.2) is 11.5 Å². The first-order chi connectivity index (χ1) is 11.1. The first kappa shape index (κ1) is 18.9. The summed E-state index contributed by atoms with van der Waals surface area (Å²) >= 11 is 0. The van der Waals surface area contributed by atoms with Gasteiger partial charge in [-0.3, -0.25) is 4.79 Å². The maximum Gasteiger partial charge on any atom is 0.230 e. The number of carbonyl (C=O) groups is 1. The average Bonchev–Trinajstić information content (AvgIpc) is 2.59. The molecule has 3 rings (SSSR count). The van der Waals surface area contributed by atoms with E-state index in [1.165, 1.54) is 5.56 Å². The maximum absolute atomic E-state index is 13.0. The lowest BCUT2D eigenvalue weighted by Gasteiger charge is -2.39. The summed E-state index contributed by atoms with van der Waals surface area (Å²) in [5.41, 5.74) is 2.14. The van der Waals surface area contributed by atoms with E-state index in [4.69, 9.17) is 9.47 Å². The van der Waals surface area contributed by atoms with Crippen molar-refractivity contribution in [3.8, 4) is 11.5 Å². The molecule has 2 heterocycles. The van der Waals surface area contributed by atoms with E-state index in [1.54, 1.807) is 14.2 Å². The van der Waals surface area contributed by atoms with E-state index >= 15 is 0 Å². The van der Waals surface area contributed by atoms with Gasteiger partial charge in [0.25, 0.3) is 0 Å². The van der Waals surface area contributed by atoms with Crippen molar-refractivity contribution in [1.82, 2.24) is 10.2 Å². The van der Waals surface area contributed by atoms with Gasteiger partial charge in [-0.15, -0.1) is 12.4 Å². The van der Waals surface area contributed by atoms with Crippen molar-refractivity contribution in [3.63, 3.8) is 0 Å². The van der Waals surface area contributed by atoms with Crippen LogP contribution >= 0.6 is 12.4 Å².